The molecule has 1 aromatic heterocycles. The van der Waals surface area contributed by atoms with Gasteiger partial charge < -0.3 is 9.72 Å². The summed E-state index contributed by atoms with van der Waals surface area (Å²) in [7, 11) is 0. The second kappa shape index (κ2) is 8.12. The van der Waals surface area contributed by atoms with Crippen molar-refractivity contribution >= 4 is 22.7 Å². The van der Waals surface area contributed by atoms with Gasteiger partial charge in [-0.1, -0.05) is 36.4 Å². The predicted molar refractivity (Wildman–Crippen MR) is 112 cm³/mol. The molecule has 0 unspecified atom stereocenters. The van der Waals surface area contributed by atoms with Crippen molar-refractivity contribution < 1.29 is 4.74 Å². The van der Waals surface area contributed by atoms with Gasteiger partial charge >= 0.3 is 0 Å². The molecule has 1 N–H and O–H groups in total. The summed E-state index contributed by atoms with van der Waals surface area (Å²) in [5.41, 5.74) is 4.69. The van der Waals surface area contributed by atoms with Crippen molar-refractivity contribution in [1.29, 1.82) is 10.5 Å². The van der Waals surface area contributed by atoms with Crippen LogP contribution in [0.5, 0.6) is 5.75 Å². The average molecular weight is 376 g/mol. The first-order valence-electron chi connectivity index (χ1n) is 9.04. The normalized spacial score (nSPS) is 11.0. The maximum atomic E-state index is 9.55. The number of hydrogen-bond acceptors (Lipinski definition) is 4. The van der Waals surface area contributed by atoms with Crippen molar-refractivity contribution in [2.24, 2.45) is 0 Å². The van der Waals surface area contributed by atoms with E-state index in [1.165, 1.54) is 0 Å². The standard InChI is InChI=1S/C24H16N4O/c25-14-18-5-7-19(8-6-18)16-29-21-11-9-17(10-12-21)13-20(15-26)24-27-22-3-1-2-4-23(22)28-24/h1-13H,16H2,(H,27,28)/b20-13+. The lowest BCUT2D eigenvalue weighted by Gasteiger charge is -2.06. The number of para-hydroxylation sites is 2. The van der Waals surface area contributed by atoms with Crippen LogP contribution in [0.15, 0.2) is 72.8 Å². The molecule has 0 aliphatic rings. The van der Waals surface area contributed by atoms with E-state index in [1.807, 2.05) is 60.7 Å². The second-order valence-corrected chi connectivity index (χ2v) is 6.44. The number of aromatic nitrogens is 2. The van der Waals surface area contributed by atoms with E-state index in [4.69, 9.17) is 10.00 Å². The van der Waals surface area contributed by atoms with Gasteiger partial charge in [0.2, 0.25) is 0 Å². The van der Waals surface area contributed by atoms with E-state index in [1.54, 1.807) is 18.2 Å². The molecule has 0 fully saturated rings. The number of nitrogens with zero attached hydrogens (tertiary/aromatic N) is 3. The highest BCUT2D eigenvalue weighted by Gasteiger charge is 2.07. The largest absolute Gasteiger partial charge is 0.489 e. The molecule has 0 aliphatic carbocycles. The van der Waals surface area contributed by atoms with Gasteiger partial charge in [0.05, 0.1) is 28.2 Å². The van der Waals surface area contributed by atoms with Crippen LogP contribution in [-0.2, 0) is 6.61 Å². The number of nitrogens with one attached hydrogen (secondary N) is 1. The van der Waals surface area contributed by atoms with Gasteiger partial charge in [-0.15, -0.1) is 0 Å². The molecule has 5 nitrogen and oxygen atoms in total. The van der Waals surface area contributed by atoms with Crippen LogP contribution in [0, 0.1) is 22.7 Å². The zero-order valence-corrected chi connectivity index (χ0v) is 15.5. The minimum atomic E-state index is 0.420. The fourth-order valence-corrected chi connectivity index (χ4v) is 2.90. The van der Waals surface area contributed by atoms with Gasteiger partial charge in [-0.25, -0.2) is 4.98 Å². The third kappa shape index (κ3) is 4.16. The minimum absolute atomic E-state index is 0.420. The lowest BCUT2D eigenvalue weighted by molar-refractivity contribution is 0.306. The first-order chi connectivity index (χ1) is 14.2. The number of benzene rings is 3. The Bertz CT molecular complexity index is 1220. The fourth-order valence-electron chi connectivity index (χ4n) is 2.90. The first-order valence-corrected chi connectivity index (χ1v) is 9.04. The molecule has 0 atom stereocenters. The molecule has 0 bridgehead atoms. The van der Waals surface area contributed by atoms with Crippen LogP contribution in [0.3, 0.4) is 0 Å². The van der Waals surface area contributed by atoms with E-state index < -0.39 is 0 Å². The zero-order chi connectivity index (χ0) is 20.1. The number of imidazole rings is 1. The number of H-pyrrole nitrogens is 1. The predicted octanol–water partition coefficient (Wildman–Crippen LogP) is 5.08. The average Bonchev–Trinajstić information content (AvgIpc) is 3.21. The van der Waals surface area contributed by atoms with Crippen molar-refractivity contribution in [2.75, 3.05) is 0 Å². The quantitative estimate of drug-likeness (QED) is 0.492. The number of fused-ring (bicyclic) bond motifs is 1. The summed E-state index contributed by atoms with van der Waals surface area (Å²) in [5.74, 6) is 1.28. The molecule has 0 aliphatic heterocycles. The van der Waals surface area contributed by atoms with Crippen molar-refractivity contribution in [3.05, 3.63) is 95.3 Å². The SMILES string of the molecule is N#C/C(=C\c1ccc(OCc2ccc(C#N)cc2)cc1)c1nc2ccccc2[nH]1. The molecule has 0 amide bonds. The fraction of sp³-hybridized carbons (Fsp3) is 0.0417. The smallest absolute Gasteiger partial charge is 0.149 e. The highest BCUT2D eigenvalue weighted by Crippen LogP contribution is 2.21. The third-order valence-electron chi connectivity index (χ3n) is 4.44. The Morgan fingerprint density at radius 3 is 2.41 bits per heavy atom. The summed E-state index contributed by atoms with van der Waals surface area (Å²) in [6.45, 7) is 0.420. The molecular weight excluding hydrogens is 360 g/mol. The number of rotatable bonds is 5. The summed E-state index contributed by atoms with van der Waals surface area (Å²) >= 11 is 0. The van der Waals surface area contributed by atoms with Crippen LogP contribution >= 0.6 is 0 Å². The van der Waals surface area contributed by atoms with Crippen LogP contribution in [-0.4, -0.2) is 9.97 Å². The molecule has 0 spiro atoms. The number of ether oxygens (including phenoxy) is 1. The molecule has 0 radical (unpaired) electrons. The number of allylic oxidation sites excluding steroid dienone is 1. The number of hydrogen-bond donors (Lipinski definition) is 1. The number of nitriles is 2. The van der Waals surface area contributed by atoms with E-state index in [0.717, 1.165) is 27.9 Å². The lowest BCUT2D eigenvalue weighted by Crippen LogP contribution is -1.95. The molecule has 0 saturated carbocycles. The summed E-state index contributed by atoms with van der Waals surface area (Å²) in [4.78, 5) is 7.66. The molecule has 4 aromatic rings. The van der Waals surface area contributed by atoms with Crippen molar-refractivity contribution in [2.45, 2.75) is 6.61 Å². The van der Waals surface area contributed by atoms with Crippen LogP contribution in [0.2, 0.25) is 0 Å². The minimum Gasteiger partial charge on any atom is -0.489 e. The summed E-state index contributed by atoms with van der Waals surface area (Å²) < 4.78 is 5.79. The highest BCUT2D eigenvalue weighted by atomic mass is 16.5. The highest BCUT2D eigenvalue weighted by molar-refractivity contribution is 5.90. The van der Waals surface area contributed by atoms with Gasteiger partial charge in [0.1, 0.15) is 24.3 Å². The van der Waals surface area contributed by atoms with E-state index in [-0.39, 0.29) is 0 Å². The third-order valence-corrected chi connectivity index (χ3v) is 4.44. The summed E-state index contributed by atoms with van der Waals surface area (Å²) in [5, 5.41) is 18.4. The van der Waals surface area contributed by atoms with E-state index in [9.17, 15) is 5.26 Å². The van der Waals surface area contributed by atoms with Crippen LogP contribution in [0.1, 0.15) is 22.5 Å². The Hall–Kier alpha value is -4.35. The van der Waals surface area contributed by atoms with Crippen LogP contribution in [0.4, 0.5) is 0 Å². The second-order valence-electron chi connectivity index (χ2n) is 6.44. The molecule has 138 valence electrons. The van der Waals surface area contributed by atoms with E-state index >= 15 is 0 Å². The summed E-state index contributed by atoms with van der Waals surface area (Å²) in [6.07, 6.45) is 1.79. The molecule has 3 aromatic carbocycles. The maximum Gasteiger partial charge on any atom is 0.149 e. The van der Waals surface area contributed by atoms with Crippen molar-refractivity contribution in [1.82, 2.24) is 9.97 Å². The molecule has 1 heterocycles. The first kappa shape index (κ1) is 18.0. The van der Waals surface area contributed by atoms with Crippen LogP contribution in [0.25, 0.3) is 22.7 Å². The Kier molecular flexibility index (Phi) is 5.05. The zero-order valence-electron chi connectivity index (χ0n) is 15.5. The molecule has 29 heavy (non-hydrogen) atoms. The topological polar surface area (TPSA) is 85.5 Å². The maximum absolute atomic E-state index is 9.55. The molecular formula is C24H16N4O. The Labute approximate surface area is 168 Å². The molecule has 0 saturated heterocycles. The van der Waals surface area contributed by atoms with Gasteiger partial charge in [-0.3, -0.25) is 0 Å². The van der Waals surface area contributed by atoms with Gasteiger partial charge in [-0.05, 0) is 53.6 Å². The van der Waals surface area contributed by atoms with Gasteiger partial charge in [0.15, 0.2) is 0 Å². The van der Waals surface area contributed by atoms with Crippen LogP contribution < -0.4 is 4.74 Å². The van der Waals surface area contributed by atoms with Crippen molar-refractivity contribution in [3.8, 4) is 17.9 Å². The molecule has 4 rings (SSSR count). The van der Waals surface area contributed by atoms with Gasteiger partial charge in [0, 0.05) is 0 Å². The van der Waals surface area contributed by atoms with Crippen molar-refractivity contribution in [3.63, 3.8) is 0 Å². The molecule has 5 heteroatoms. The van der Waals surface area contributed by atoms with Gasteiger partial charge in [-0.2, -0.15) is 10.5 Å². The number of aromatic amines is 1. The van der Waals surface area contributed by atoms with E-state index in [0.29, 0.717) is 23.6 Å². The summed E-state index contributed by atoms with van der Waals surface area (Å²) in [6, 6.07) is 26.8. The Morgan fingerprint density at radius 1 is 0.966 bits per heavy atom. The monoisotopic (exact) mass is 376 g/mol. The van der Waals surface area contributed by atoms with E-state index in [2.05, 4.69) is 22.1 Å². The van der Waals surface area contributed by atoms with Gasteiger partial charge in [0.25, 0.3) is 0 Å². The Morgan fingerprint density at radius 2 is 1.72 bits per heavy atom. The Balaban J connectivity index is 1.47. The lowest BCUT2D eigenvalue weighted by atomic mass is 10.1.